The molecule has 0 saturated carbocycles. The van der Waals surface area contributed by atoms with Crippen LogP contribution in [-0.2, 0) is 6.42 Å². The number of anilines is 1. The lowest BCUT2D eigenvalue weighted by Crippen LogP contribution is -2.24. The number of hydrogen-bond donors (Lipinski definition) is 2. The largest absolute Gasteiger partial charge is 0.384 e. The second kappa shape index (κ2) is 6.07. The van der Waals surface area contributed by atoms with Crippen LogP contribution >= 0.6 is 0 Å². The molecule has 0 bridgehead atoms. The maximum absolute atomic E-state index is 5.68. The molecular weight excluding hydrogens is 226 g/mol. The predicted molar refractivity (Wildman–Crippen MR) is 70.8 cm³/mol. The monoisotopic (exact) mass is 243 g/mol. The van der Waals surface area contributed by atoms with Gasteiger partial charge in [-0.3, -0.25) is 0 Å². The molecule has 1 atom stereocenters. The molecule has 94 valence electrons. The van der Waals surface area contributed by atoms with Crippen LogP contribution in [0.2, 0.25) is 0 Å². The lowest BCUT2D eigenvalue weighted by atomic mass is 10.1. The molecule has 2 aromatic heterocycles. The quantitative estimate of drug-likeness (QED) is 0.829. The number of hydrogen-bond acceptors (Lipinski definition) is 5. The molecular formula is C13H17N5. The van der Waals surface area contributed by atoms with Crippen LogP contribution in [0.1, 0.15) is 24.4 Å². The second-order valence-electron chi connectivity index (χ2n) is 4.01. The molecule has 0 aliphatic rings. The Morgan fingerprint density at radius 2 is 2.00 bits per heavy atom. The lowest BCUT2D eigenvalue weighted by molar-refractivity contribution is 0.521. The maximum atomic E-state index is 5.68. The van der Waals surface area contributed by atoms with Crippen LogP contribution in [0, 0.1) is 0 Å². The number of nitrogens with zero attached hydrogens (tertiary/aromatic N) is 3. The van der Waals surface area contributed by atoms with E-state index in [1.807, 2.05) is 18.2 Å². The fourth-order valence-electron chi connectivity index (χ4n) is 1.85. The fraction of sp³-hybridized carbons (Fsp3) is 0.308. The van der Waals surface area contributed by atoms with Crippen LogP contribution in [0.15, 0.2) is 36.8 Å². The van der Waals surface area contributed by atoms with E-state index >= 15 is 0 Å². The topological polar surface area (TPSA) is 76.7 Å². The number of nitrogens with one attached hydrogen (secondary N) is 1. The van der Waals surface area contributed by atoms with Crippen molar-refractivity contribution in [1.82, 2.24) is 20.3 Å². The molecule has 0 radical (unpaired) electrons. The van der Waals surface area contributed by atoms with Gasteiger partial charge in [0.25, 0.3) is 0 Å². The molecule has 1 unspecified atom stereocenters. The summed E-state index contributed by atoms with van der Waals surface area (Å²) in [5.41, 5.74) is 6.81. The first-order valence-electron chi connectivity index (χ1n) is 6.00. The predicted octanol–water partition coefficient (Wildman–Crippen LogP) is 1.35. The van der Waals surface area contributed by atoms with Crippen molar-refractivity contribution in [3.8, 4) is 0 Å². The molecule has 0 aliphatic heterocycles. The van der Waals surface area contributed by atoms with E-state index in [-0.39, 0.29) is 6.04 Å². The van der Waals surface area contributed by atoms with Gasteiger partial charge in [-0.25, -0.2) is 15.0 Å². The van der Waals surface area contributed by atoms with E-state index < -0.39 is 0 Å². The van der Waals surface area contributed by atoms with Crippen LogP contribution in [-0.4, -0.2) is 21.5 Å². The van der Waals surface area contributed by atoms with E-state index in [1.54, 1.807) is 18.6 Å². The van der Waals surface area contributed by atoms with E-state index in [4.69, 9.17) is 5.73 Å². The van der Waals surface area contributed by atoms with Gasteiger partial charge in [0.05, 0.1) is 6.04 Å². The first kappa shape index (κ1) is 12.4. The highest BCUT2D eigenvalue weighted by molar-refractivity contribution is 5.32. The molecule has 0 aliphatic carbocycles. The Morgan fingerprint density at radius 3 is 2.67 bits per heavy atom. The van der Waals surface area contributed by atoms with Crippen LogP contribution in [0.3, 0.4) is 0 Å². The normalized spacial score (nSPS) is 12.3. The van der Waals surface area contributed by atoms with Gasteiger partial charge in [0.2, 0.25) is 0 Å². The van der Waals surface area contributed by atoms with Crippen molar-refractivity contribution in [2.45, 2.75) is 19.4 Å². The summed E-state index contributed by atoms with van der Waals surface area (Å²) in [6, 6.07) is 5.76. The second-order valence-corrected chi connectivity index (χ2v) is 4.01. The van der Waals surface area contributed by atoms with Crippen LogP contribution in [0.5, 0.6) is 0 Å². The third-order valence-corrected chi connectivity index (χ3v) is 2.63. The standard InChI is InChI=1S/C13H17N5/c1-2-15-11(13-17-5-3-6-18-13)8-10-4-7-16-12(14)9-10/h3-7,9,11,15H,2,8H2,1H3,(H2,14,16). The molecule has 18 heavy (non-hydrogen) atoms. The van der Waals surface area contributed by atoms with Gasteiger partial charge in [-0.15, -0.1) is 0 Å². The van der Waals surface area contributed by atoms with Gasteiger partial charge in [0.15, 0.2) is 0 Å². The SMILES string of the molecule is CCNC(Cc1ccnc(N)c1)c1ncccn1. The maximum Gasteiger partial charge on any atom is 0.145 e. The molecule has 0 amide bonds. The minimum absolute atomic E-state index is 0.0954. The number of pyridine rings is 1. The number of likely N-dealkylation sites (N-methyl/N-ethyl adjacent to an activating group) is 1. The average molecular weight is 243 g/mol. The summed E-state index contributed by atoms with van der Waals surface area (Å²) in [6.07, 6.45) is 6.03. The van der Waals surface area contributed by atoms with Crippen molar-refractivity contribution in [2.75, 3.05) is 12.3 Å². The summed E-state index contributed by atoms with van der Waals surface area (Å²) in [5.74, 6) is 1.34. The Hall–Kier alpha value is -2.01. The van der Waals surface area contributed by atoms with Crippen molar-refractivity contribution < 1.29 is 0 Å². The van der Waals surface area contributed by atoms with Gasteiger partial charge in [0.1, 0.15) is 11.6 Å². The number of rotatable bonds is 5. The summed E-state index contributed by atoms with van der Waals surface area (Å²) in [5, 5.41) is 3.38. The van der Waals surface area contributed by atoms with Crippen LogP contribution in [0.4, 0.5) is 5.82 Å². The smallest absolute Gasteiger partial charge is 0.145 e. The zero-order valence-electron chi connectivity index (χ0n) is 10.4. The van der Waals surface area contributed by atoms with Gasteiger partial charge in [0, 0.05) is 18.6 Å². The lowest BCUT2D eigenvalue weighted by Gasteiger charge is -2.16. The highest BCUT2D eigenvalue weighted by Crippen LogP contribution is 2.15. The van der Waals surface area contributed by atoms with Gasteiger partial charge in [-0.1, -0.05) is 6.92 Å². The summed E-state index contributed by atoms with van der Waals surface area (Å²) in [6.45, 7) is 2.93. The van der Waals surface area contributed by atoms with Crippen molar-refractivity contribution in [1.29, 1.82) is 0 Å². The number of aromatic nitrogens is 3. The molecule has 2 rings (SSSR count). The highest BCUT2D eigenvalue weighted by atomic mass is 15.0. The minimum Gasteiger partial charge on any atom is -0.384 e. The summed E-state index contributed by atoms with van der Waals surface area (Å²) in [7, 11) is 0. The summed E-state index contributed by atoms with van der Waals surface area (Å²) >= 11 is 0. The van der Waals surface area contributed by atoms with Gasteiger partial charge < -0.3 is 11.1 Å². The number of nitrogen functional groups attached to an aromatic ring is 1. The molecule has 0 fully saturated rings. The van der Waals surface area contributed by atoms with E-state index in [9.17, 15) is 0 Å². The van der Waals surface area contributed by atoms with Gasteiger partial charge >= 0.3 is 0 Å². The molecule has 0 spiro atoms. The third-order valence-electron chi connectivity index (χ3n) is 2.63. The van der Waals surface area contributed by atoms with Gasteiger partial charge in [-0.2, -0.15) is 0 Å². The Balaban J connectivity index is 2.16. The Bertz CT molecular complexity index is 486. The molecule has 0 saturated heterocycles. The molecule has 3 N–H and O–H groups in total. The molecule has 2 heterocycles. The highest BCUT2D eigenvalue weighted by Gasteiger charge is 2.13. The Morgan fingerprint density at radius 1 is 1.22 bits per heavy atom. The average Bonchev–Trinajstić information content (AvgIpc) is 2.39. The van der Waals surface area contributed by atoms with E-state index in [0.29, 0.717) is 5.82 Å². The third kappa shape index (κ3) is 3.24. The zero-order chi connectivity index (χ0) is 12.8. The first-order valence-corrected chi connectivity index (χ1v) is 6.00. The Kier molecular flexibility index (Phi) is 4.20. The zero-order valence-corrected chi connectivity index (χ0v) is 10.4. The van der Waals surface area contributed by atoms with E-state index in [1.165, 1.54) is 0 Å². The minimum atomic E-state index is 0.0954. The van der Waals surface area contributed by atoms with Crippen molar-refractivity contribution >= 4 is 5.82 Å². The number of nitrogens with two attached hydrogens (primary N) is 1. The summed E-state index contributed by atoms with van der Waals surface area (Å²) < 4.78 is 0. The molecule has 2 aromatic rings. The Labute approximate surface area is 106 Å². The molecule has 5 nitrogen and oxygen atoms in total. The molecule has 0 aromatic carbocycles. The van der Waals surface area contributed by atoms with Crippen molar-refractivity contribution in [3.63, 3.8) is 0 Å². The van der Waals surface area contributed by atoms with Crippen molar-refractivity contribution in [2.24, 2.45) is 0 Å². The van der Waals surface area contributed by atoms with Crippen molar-refractivity contribution in [3.05, 3.63) is 48.2 Å². The van der Waals surface area contributed by atoms with Crippen LogP contribution < -0.4 is 11.1 Å². The van der Waals surface area contributed by atoms with Crippen LogP contribution in [0.25, 0.3) is 0 Å². The molecule has 5 heteroatoms. The van der Waals surface area contributed by atoms with E-state index in [2.05, 4.69) is 27.2 Å². The first-order chi connectivity index (χ1) is 8.79. The summed E-state index contributed by atoms with van der Waals surface area (Å²) in [4.78, 5) is 12.6. The fourth-order valence-corrected chi connectivity index (χ4v) is 1.85. The van der Waals surface area contributed by atoms with E-state index in [0.717, 1.165) is 24.4 Å². The van der Waals surface area contributed by atoms with Gasteiger partial charge in [-0.05, 0) is 36.7 Å².